The maximum absolute atomic E-state index is 13.9. The second-order valence-corrected chi connectivity index (χ2v) is 8.87. The van der Waals surface area contributed by atoms with Crippen LogP contribution in [0.4, 0.5) is 0 Å². The molecule has 1 aromatic carbocycles. The number of allylic oxidation sites excluding steroid dienone is 1. The predicted molar refractivity (Wildman–Crippen MR) is 113 cm³/mol. The molecule has 2 fully saturated rings. The van der Waals surface area contributed by atoms with E-state index in [1.807, 2.05) is 0 Å². The van der Waals surface area contributed by atoms with Crippen molar-refractivity contribution in [2.24, 2.45) is 22.1 Å². The molecule has 4 aliphatic rings. The van der Waals surface area contributed by atoms with Gasteiger partial charge in [0.1, 0.15) is 0 Å². The lowest BCUT2D eigenvalue weighted by molar-refractivity contribution is -0.137. The van der Waals surface area contributed by atoms with Crippen molar-refractivity contribution in [3.8, 4) is 11.8 Å². The van der Waals surface area contributed by atoms with Gasteiger partial charge in [0.05, 0.1) is 26.5 Å². The Labute approximate surface area is 177 Å². The summed E-state index contributed by atoms with van der Waals surface area (Å²) in [5.41, 5.74) is 9.29. The molecule has 6 nitrogen and oxygen atoms in total. The number of aliphatic imine (C=N–C) groups is 1. The van der Waals surface area contributed by atoms with Gasteiger partial charge in [0.2, 0.25) is 0 Å². The number of hydrogen-bond donors (Lipinski definition) is 1. The van der Waals surface area contributed by atoms with Gasteiger partial charge in [0.25, 0.3) is 5.91 Å². The highest BCUT2D eigenvalue weighted by Gasteiger charge is 2.69. The van der Waals surface area contributed by atoms with Crippen LogP contribution in [-0.2, 0) is 26.2 Å². The molecule has 1 heterocycles. The van der Waals surface area contributed by atoms with Gasteiger partial charge >= 0.3 is 0 Å². The molecule has 1 aromatic rings. The number of nitrogens with zero attached hydrogens (tertiary/aromatic N) is 2. The fourth-order valence-corrected chi connectivity index (χ4v) is 5.28. The minimum atomic E-state index is -0.984. The molecule has 0 unspecified atom stereocenters. The van der Waals surface area contributed by atoms with Crippen LogP contribution in [0.1, 0.15) is 42.4 Å². The summed E-state index contributed by atoms with van der Waals surface area (Å²) < 4.78 is 10.4. The van der Waals surface area contributed by atoms with Crippen molar-refractivity contribution in [1.29, 1.82) is 0 Å². The number of guanidine groups is 1. The van der Waals surface area contributed by atoms with Gasteiger partial charge in [-0.2, -0.15) is 0 Å². The monoisotopic (exact) mass is 405 g/mol. The fraction of sp³-hybridized carbons (Fsp3) is 0.500. The first-order valence-corrected chi connectivity index (χ1v) is 10.5. The normalized spacial score (nSPS) is 28.9. The molecule has 6 heteroatoms. The number of hydrogen-bond acceptors (Lipinski definition) is 5. The Morgan fingerprint density at radius 2 is 2.10 bits per heavy atom. The van der Waals surface area contributed by atoms with E-state index < -0.39 is 5.54 Å². The zero-order valence-electron chi connectivity index (χ0n) is 17.5. The van der Waals surface area contributed by atoms with E-state index in [1.54, 1.807) is 25.4 Å². The van der Waals surface area contributed by atoms with Crippen LogP contribution in [0.25, 0.3) is 0 Å². The Morgan fingerprint density at radius 3 is 2.80 bits per heavy atom. The Kier molecular flexibility index (Phi) is 4.41. The summed E-state index contributed by atoms with van der Waals surface area (Å²) >= 11 is 0. The summed E-state index contributed by atoms with van der Waals surface area (Å²) in [5.74, 6) is 7.39. The largest absolute Gasteiger partial charge is 0.504 e. The number of carbonyl (C=O) groups is 1. The molecule has 0 aromatic heterocycles. The number of benzene rings is 1. The average molecular weight is 405 g/mol. The Hall–Kier alpha value is -2.78. The number of nitrogens with two attached hydrogens (primary N) is 1. The third kappa shape index (κ3) is 2.69. The molecule has 0 bridgehead atoms. The SMILES string of the molecule is COC=C1CC2(C1)Cc1ccc(C#CC3CC3)cc1[C@@]21N=C(N)N(CCOC)C1=O. The van der Waals surface area contributed by atoms with Gasteiger partial charge in [-0.3, -0.25) is 9.69 Å². The zero-order chi connectivity index (χ0) is 20.9. The van der Waals surface area contributed by atoms with E-state index in [9.17, 15) is 4.79 Å². The molecule has 1 atom stereocenters. The maximum Gasteiger partial charge on any atom is 0.262 e. The molecular weight excluding hydrogens is 378 g/mol. The summed E-state index contributed by atoms with van der Waals surface area (Å²) in [4.78, 5) is 20.3. The number of fused-ring (bicyclic) bond motifs is 3. The van der Waals surface area contributed by atoms with E-state index >= 15 is 0 Å². The highest BCUT2D eigenvalue weighted by atomic mass is 16.5. The Bertz CT molecular complexity index is 1020. The smallest absolute Gasteiger partial charge is 0.262 e. The predicted octanol–water partition coefficient (Wildman–Crippen LogP) is 2.31. The standard InChI is InChI=1S/C24H27N3O3/c1-29-10-9-27-21(28)24(26-22(27)25)20-11-17(6-5-16-3-4-16)7-8-19(20)14-23(24)12-18(13-23)15-30-2/h7-8,11,15-16H,3-4,9-10,12-14H2,1-2H3,(H2,25,26)/t23?,24-/m0/s1. The molecule has 0 saturated heterocycles. The van der Waals surface area contributed by atoms with Gasteiger partial charge in [0, 0.05) is 24.0 Å². The van der Waals surface area contributed by atoms with E-state index in [1.165, 1.54) is 24.0 Å². The minimum absolute atomic E-state index is 0.0421. The molecule has 3 aliphatic carbocycles. The summed E-state index contributed by atoms with van der Waals surface area (Å²) in [6, 6.07) is 6.27. The number of amides is 1. The highest BCUT2D eigenvalue weighted by Crippen LogP contribution is 2.66. The second-order valence-electron chi connectivity index (χ2n) is 8.87. The lowest BCUT2D eigenvalue weighted by atomic mass is 9.55. The highest BCUT2D eigenvalue weighted by molar-refractivity contribution is 6.08. The molecule has 5 rings (SSSR count). The summed E-state index contributed by atoms with van der Waals surface area (Å²) in [6.07, 6.45) is 6.53. The molecule has 156 valence electrons. The maximum atomic E-state index is 13.9. The van der Waals surface area contributed by atoms with E-state index in [2.05, 4.69) is 30.0 Å². The molecule has 2 spiro atoms. The van der Waals surface area contributed by atoms with Crippen LogP contribution in [0.15, 0.2) is 35.0 Å². The summed E-state index contributed by atoms with van der Waals surface area (Å²) in [5, 5.41) is 0. The summed E-state index contributed by atoms with van der Waals surface area (Å²) in [7, 11) is 3.28. The molecule has 1 aliphatic heterocycles. The average Bonchev–Trinajstić information content (AvgIpc) is 3.45. The molecule has 2 saturated carbocycles. The fourth-order valence-electron chi connectivity index (χ4n) is 5.28. The van der Waals surface area contributed by atoms with Gasteiger partial charge in [0.15, 0.2) is 11.5 Å². The first kappa shape index (κ1) is 19.2. The number of rotatable bonds is 4. The van der Waals surface area contributed by atoms with Crippen LogP contribution in [-0.4, -0.2) is 44.1 Å². The van der Waals surface area contributed by atoms with Crippen LogP contribution in [0.3, 0.4) is 0 Å². The lowest BCUT2D eigenvalue weighted by Crippen LogP contribution is -2.54. The van der Waals surface area contributed by atoms with Gasteiger partial charge in [-0.1, -0.05) is 17.9 Å². The molecule has 2 N–H and O–H groups in total. The van der Waals surface area contributed by atoms with Crippen molar-refractivity contribution in [1.82, 2.24) is 4.90 Å². The van der Waals surface area contributed by atoms with Gasteiger partial charge in [-0.25, -0.2) is 4.99 Å². The van der Waals surface area contributed by atoms with Crippen molar-refractivity contribution in [2.45, 2.75) is 37.6 Å². The molecule has 30 heavy (non-hydrogen) atoms. The van der Waals surface area contributed by atoms with Crippen molar-refractivity contribution in [3.05, 3.63) is 46.7 Å². The number of carbonyl (C=O) groups excluding carboxylic acids is 1. The van der Waals surface area contributed by atoms with Crippen molar-refractivity contribution >= 4 is 11.9 Å². The van der Waals surface area contributed by atoms with E-state index in [0.29, 0.717) is 19.1 Å². The zero-order valence-corrected chi connectivity index (χ0v) is 17.5. The Balaban J connectivity index is 1.59. The summed E-state index contributed by atoms with van der Waals surface area (Å²) in [6.45, 7) is 0.819. The Morgan fingerprint density at radius 1 is 1.30 bits per heavy atom. The third-order valence-electron chi connectivity index (χ3n) is 6.84. The van der Waals surface area contributed by atoms with E-state index in [4.69, 9.17) is 20.2 Å². The second kappa shape index (κ2) is 6.88. The quantitative estimate of drug-likeness (QED) is 0.616. The van der Waals surface area contributed by atoms with Crippen molar-refractivity contribution < 1.29 is 14.3 Å². The van der Waals surface area contributed by atoms with Crippen LogP contribution in [0.5, 0.6) is 0 Å². The van der Waals surface area contributed by atoms with Crippen molar-refractivity contribution in [3.63, 3.8) is 0 Å². The first-order valence-electron chi connectivity index (χ1n) is 10.5. The topological polar surface area (TPSA) is 77.2 Å². The van der Waals surface area contributed by atoms with Gasteiger partial charge in [-0.15, -0.1) is 0 Å². The van der Waals surface area contributed by atoms with Gasteiger partial charge < -0.3 is 15.2 Å². The molecule has 0 radical (unpaired) electrons. The number of ether oxygens (including phenoxy) is 2. The third-order valence-corrected chi connectivity index (χ3v) is 6.84. The first-order chi connectivity index (χ1) is 14.5. The number of methoxy groups -OCH3 is 2. The molecular formula is C24H27N3O3. The van der Waals surface area contributed by atoms with Crippen LogP contribution in [0, 0.1) is 23.2 Å². The minimum Gasteiger partial charge on any atom is -0.504 e. The van der Waals surface area contributed by atoms with Crippen LogP contribution < -0.4 is 5.73 Å². The van der Waals surface area contributed by atoms with Crippen LogP contribution >= 0.6 is 0 Å². The van der Waals surface area contributed by atoms with E-state index in [-0.39, 0.29) is 17.3 Å². The van der Waals surface area contributed by atoms with Crippen LogP contribution in [0.2, 0.25) is 0 Å². The van der Waals surface area contributed by atoms with Gasteiger partial charge in [-0.05, 0) is 60.9 Å². The van der Waals surface area contributed by atoms with Crippen molar-refractivity contribution in [2.75, 3.05) is 27.4 Å². The lowest BCUT2D eigenvalue weighted by Gasteiger charge is -2.48. The van der Waals surface area contributed by atoms with E-state index in [0.717, 1.165) is 30.4 Å². The molecule has 1 amide bonds.